The summed E-state index contributed by atoms with van der Waals surface area (Å²) >= 11 is 0. The lowest BCUT2D eigenvalue weighted by Crippen LogP contribution is -2.19. The zero-order valence-electron chi connectivity index (χ0n) is 14.2. The molecule has 8 nitrogen and oxygen atoms in total. The van der Waals surface area contributed by atoms with Gasteiger partial charge in [-0.3, -0.25) is 19.7 Å². The number of anilines is 1. The van der Waals surface area contributed by atoms with E-state index in [9.17, 15) is 19.7 Å². The second-order valence-electron chi connectivity index (χ2n) is 4.90. The summed E-state index contributed by atoms with van der Waals surface area (Å²) in [6.07, 6.45) is 3.83. The molecule has 0 saturated heterocycles. The predicted molar refractivity (Wildman–Crippen MR) is 94.0 cm³/mol. The number of hydrogen-bond acceptors (Lipinski definition) is 4. The summed E-state index contributed by atoms with van der Waals surface area (Å²) in [6.45, 7) is 6.21. The number of benzene rings is 1. The van der Waals surface area contributed by atoms with Crippen LogP contribution in [0, 0.1) is 10.1 Å². The smallest absolute Gasteiger partial charge is 0.270 e. The van der Waals surface area contributed by atoms with Gasteiger partial charge in [-0.05, 0) is 12.5 Å². The monoisotopic (exact) mass is 336 g/mol. The number of amides is 2. The fourth-order valence-corrected chi connectivity index (χ4v) is 1.53. The van der Waals surface area contributed by atoms with Crippen LogP contribution in [0.3, 0.4) is 0 Å². The zero-order chi connectivity index (χ0) is 18.5. The molecule has 0 unspecified atom stereocenters. The third kappa shape index (κ3) is 7.48. The minimum Gasteiger partial charge on any atom is -0.383 e. The Bertz CT molecular complexity index is 598. The van der Waals surface area contributed by atoms with Crippen LogP contribution >= 0.6 is 0 Å². The maximum Gasteiger partial charge on any atom is 0.270 e. The summed E-state index contributed by atoms with van der Waals surface area (Å²) in [4.78, 5) is 35.4. The summed E-state index contributed by atoms with van der Waals surface area (Å²) in [5.74, 6) is -0.447. The van der Waals surface area contributed by atoms with Gasteiger partial charge in [0.05, 0.1) is 10.6 Å². The molecule has 0 fully saturated rings. The average Bonchev–Trinajstić information content (AvgIpc) is 2.55. The van der Waals surface area contributed by atoms with Crippen molar-refractivity contribution in [2.45, 2.75) is 46.5 Å². The average molecular weight is 336 g/mol. The maximum atomic E-state index is 11.6. The van der Waals surface area contributed by atoms with Gasteiger partial charge in [-0.1, -0.05) is 33.6 Å². The molecule has 132 valence electrons. The van der Waals surface area contributed by atoms with E-state index in [2.05, 4.69) is 24.2 Å². The first-order valence-corrected chi connectivity index (χ1v) is 7.76. The Labute approximate surface area is 141 Å². The molecule has 0 aromatic heterocycles. The standard InChI is InChI=1S/C12H14N4O4.C4H10/c1-2-3-11(18)15-10-5-4-8(16(19)20)6-9(10)12(13)14-7-17;1-3-4-2/h4-7H,2-3H2,1H3,(H,15,18)(H2,13,14,17);3-4H2,1-2H3. The fraction of sp³-hybridized carbons (Fsp3) is 0.438. The number of nitrogens with one attached hydrogen (secondary N) is 1. The number of nitro groups is 1. The zero-order valence-corrected chi connectivity index (χ0v) is 14.2. The number of aliphatic imine (C=N–C) groups is 1. The number of carbonyl (C=O) groups excluding carboxylic acids is 2. The SMILES string of the molecule is CCCC.CCCC(=O)Nc1ccc([N+](=O)[O-])cc1C(N)=NC=O. The van der Waals surface area contributed by atoms with Crippen molar-refractivity contribution in [1.29, 1.82) is 0 Å². The molecule has 24 heavy (non-hydrogen) atoms. The van der Waals surface area contributed by atoms with Crippen LogP contribution in [0.15, 0.2) is 23.2 Å². The van der Waals surface area contributed by atoms with E-state index in [1.807, 2.05) is 6.92 Å². The molecule has 0 bridgehead atoms. The lowest BCUT2D eigenvalue weighted by atomic mass is 10.1. The molecular formula is C16H24N4O4. The first kappa shape index (κ1) is 21.2. The van der Waals surface area contributed by atoms with Crippen molar-refractivity contribution in [3.8, 4) is 0 Å². The first-order chi connectivity index (χ1) is 11.4. The highest BCUT2D eigenvalue weighted by atomic mass is 16.6. The van der Waals surface area contributed by atoms with Crippen LogP contribution in [0.25, 0.3) is 0 Å². The number of nitro benzene ring substituents is 1. The van der Waals surface area contributed by atoms with E-state index < -0.39 is 4.92 Å². The second-order valence-corrected chi connectivity index (χ2v) is 4.90. The third-order valence-corrected chi connectivity index (χ3v) is 2.93. The Morgan fingerprint density at radius 1 is 1.29 bits per heavy atom. The van der Waals surface area contributed by atoms with Gasteiger partial charge in [0, 0.05) is 24.1 Å². The maximum absolute atomic E-state index is 11.6. The second kappa shape index (κ2) is 11.8. The number of non-ortho nitro benzene ring substituents is 1. The molecule has 3 N–H and O–H groups in total. The number of carbonyl (C=O) groups is 2. The van der Waals surface area contributed by atoms with Crippen molar-refractivity contribution in [2.75, 3.05) is 5.32 Å². The molecule has 0 aliphatic heterocycles. The van der Waals surface area contributed by atoms with E-state index in [1.54, 1.807) is 0 Å². The van der Waals surface area contributed by atoms with Gasteiger partial charge in [-0.25, -0.2) is 0 Å². The van der Waals surface area contributed by atoms with Gasteiger partial charge >= 0.3 is 0 Å². The third-order valence-electron chi connectivity index (χ3n) is 2.93. The predicted octanol–water partition coefficient (Wildman–Crippen LogP) is 3.00. The quantitative estimate of drug-likeness (QED) is 0.260. The van der Waals surface area contributed by atoms with E-state index in [4.69, 9.17) is 5.73 Å². The van der Waals surface area contributed by atoms with Crippen LogP contribution < -0.4 is 11.1 Å². The number of hydrogen-bond donors (Lipinski definition) is 2. The van der Waals surface area contributed by atoms with Crippen molar-refractivity contribution in [3.63, 3.8) is 0 Å². The molecule has 0 saturated carbocycles. The van der Waals surface area contributed by atoms with Gasteiger partial charge in [0.25, 0.3) is 5.69 Å². The van der Waals surface area contributed by atoms with E-state index in [0.29, 0.717) is 12.8 Å². The highest BCUT2D eigenvalue weighted by Gasteiger charge is 2.15. The first-order valence-electron chi connectivity index (χ1n) is 7.76. The van der Waals surface area contributed by atoms with Crippen LogP contribution in [-0.2, 0) is 9.59 Å². The Balaban J connectivity index is 0.00000118. The van der Waals surface area contributed by atoms with Gasteiger partial charge in [0.15, 0.2) is 0 Å². The van der Waals surface area contributed by atoms with Gasteiger partial charge in [0.2, 0.25) is 12.3 Å². The van der Waals surface area contributed by atoms with E-state index in [1.165, 1.54) is 25.0 Å². The number of nitrogens with two attached hydrogens (primary N) is 1. The van der Waals surface area contributed by atoms with Gasteiger partial charge in [0.1, 0.15) is 5.84 Å². The molecule has 2 amide bonds. The van der Waals surface area contributed by atoms with Crippen molar-refractivity contribution >= 4 is 29.5 Å². The largest absolute Gasteiger partial charge is 0.383 e. The Morgan fingerprint density at radius 3 is 2.38 bits per heavy atom. The molecule has 8 heteroatoms. The highest BCUT2D eigenvalue weighted by molar-refractivity contribution is 6.08. The minimum atomic E-state index is -0.602. The Kier molecular flexibility index (Phi) is 10.4. The van der Waals surface area contributed by atoms with Crippen molar-refractivity contribution in [1.82, 2.24) is 0 Å². The number of nitrogens with zero attached hydrogens (tertiary/aromatic N) is 2. The Morgan fingerprint density at radius 2 is 1.92 bits per heavy atom. The van der Waals surface area contributed by atoms with Crippen molar-refractivity contribution < 1.29 is 14.5 Å². The molecular weight excluding hydrogens is 312 g/mol. The molecule has 0 aliphatic carbocycles. The molecule has 0 atom stereocenters. The van der Waals surface area contributed by atoms with Crippen LogP contribution in [0.2, 0.25) is 0 Å². The van der Waals surface area contributed by atoms with Crippen LogP contribution in [0.5, 0.6) is 0 Å². The van der Waals surface area contributed by atoms with Crippen LogP contribution in [-0.4, -0.2) is 23.1 Å². The minimum absolute atomic E-state index is 0.135. The molecule has 1 aromatic rings. The van der Waals surface area contributed by atoms with Gasteiger partial charge in [-0.2, -0.15) is 4.99 Å². The molecule has 0 spiro atoms. The van der Waals surface area contributed by atoms with E-state index in [-0.39, 0.29) is 35.1 Å². The van der Waals surface area contributed by atoms with Gasteiger partial charge < -0.3 is 11.1 Å². The fourth-order valence-electron chi connectivity index (χ4n) is 1.53. The van der Waals surface area contributed by atoms with Crippen LogP contribution in [0.4, 0.5) is 11.4 Å². The van der Waals surface area contributed by atoms with E-state index >= 15 is 0 Å². The molecule has 0 heterocycles. The van der Waals surface area contributed by atoms with Crippen molar-refractivity contribution in [2.24, 2.45) is 10.7 Å². The summed E-state index contributed by atoms with van der Waals surface area (Å²) in [5.41, 5.74) is 5.77. The van der Waals surface area contributed by atoms with Crippen LogP contribution in [0.1, 0.15) is 52.0 Å². The summed E-state index contributed by atoms with van der Waals surface area (Å²) in [5, 5.41) is 13.3. The molecule has 1 rings (SSSR count). The summed E-state index contributed by atoms with van der Waals surface area (Å²) < 4.78 is 0. The number of rotatable bonds is 7. The lowest BCUT2D eigenvalue weighted by molar-refractivity contribution is -0.384. The van der Waals surface area contributed by atoms with E-state index in [0.717, 1.165) is 6.07 Å². The molecule has 0 radical (unpaired) electrons. The topological polar surface area (TPSA) is 128 Å². The Hall–Kier alpha value is -2.77. The normalized spacial score (nSPS) is 10.4. The molecule has 1 aromatic carbocycles. The van der Waals surface area contributed by atoms with Crippen molar-refractivity contribution in [3.05, 3.63) is 33.9 Å². The molecule has 0 aliphatic rings. The summed E-state index contributed by atoms with van der Waals surface area (Å²) in [6, 6.07) is 3.75. The van der Waals surface area contributed by atoms with Gasteiger partial charge in [-0.15, -0.1) is 0 Å². The number of unbranched alkanes of at least 4 members (excludes halogenated alkanes) is 1. The number of amidine groups is 1. The lowest BCUT2D eigenvalue weighted by Gasteiger charge is -2.10. The summed E-state index contributed by atoms with van der Waals surface area (Å²) in [7, 11) is 0. The highest BCUT2D eigenvalue weighted by Crippen LogP contribution is 2.22.